The summed E-state index contributed by atoms with van der Waals surface area (Å²) in [4.78, 5) is 4.60. The molecule has 0 aliphatic carbocycles. The van der Waals surface area contributed by atoms with Gasteiger partial charge in [0.05, 0.1) is 12.3 Å². The van der Waals surface area contributed by atoms with Gasteiger partial charge in [0.25, 0.3) is 0 Å². The van der Waals surface area contributed by atoms with Crippen molar-refractivity contribution >= 4 is 11.9 Å². The van der Waals surface area contributed by atoms with Crippen LogP contribution in [0.15, 0.2) is 65.7 Å². The standard InChI is InChI=1S/C24H24FNO2/c1-4-27-24-14-19(15-26-22-13-17(2)9-10-18(22)3)11-12-23(24)28-16-20-7-5-6-8-21(20)25/h5-15H,4,16H2,1-3H3. The molecule has 0 aromatic heterocycles. The van der Waals surface area contributed by atoms with Gasteiger partial charge >= 0.3 is 0 Å². The van der Waals surface area contributed by atoms with E-state index in [-0.39, 0.29) is 12.4 Å². The van der Waals surface area contributed by atoms with E-state index < -0.39 is 0 Å². The lowest BCUT2D eigenvalue weighted by Gasteiger charge is -2.13. The van der Waals surface area contributed by atoms with E-state index in [9.17, 15) is 4.39 Å². The number of hydrogen-bond donors (Lipinski definition) is 0. The van der Waals surface area contributed by atoms with Crippen LogP contribution in [0.3, 0.4) is 0 Å². The molecule has 0 amide bonds. The van der Waals surface area contributed by atoms with Crippen LogP contribution in [0.25, 0.3) is 0 Å². The van der Waals surface area contributed by atoms with Gasteiger partial charge in [0.2, 0.25) is 0 Å². The summed E-state index contributed by atoms with van der Waals surface area (Å²) in [6.07, 6.45) is 1.81. The van der Waals surface area contributed by atoms with Gasteiger partial charge in [-0.05, 0) is 67.8 Å². The van der Waals surface area contributed by atoms with Crippen molar-refractivity contribution < 1.29 is 13.9 Å². The zero-order chi connectivity index (χ0) is 19.9. The smallest absolute Gasteiger partial charge is 0.161 e. The Morgan fingerprint density at radius 2 is 1.75 bits per heavy atom. The van der Waals surface area contributed by atoms with Crippen LogP contribution in [0, 0.1) is 19.7 Å². The zero-order valence-electron chi connectivity index (χ0n) is 16.4. The minimum absolute atomic E-state index is 0.142. The molecule has 28 heavy (non-hydrogen) atoms. The highest BCUT2D eigenvalue weighted by molar-refractivity contribution is 5.83. The van der Waals surface area contributed by atoms with Gasteiger partial charge < -0.3 is 9.47 Å². The first-order valence-corrected chi connectivity index (χ1v) is 9.31. The minimum Gasteiger partial charge on any atom is -0.490 e. The molecule has 0 N–H and O–H groups in total. The highest BCUT2D eigenvalue weighted by Gasteiger charge is 2.08. The summed E-state index contributed by atoms with van der Waals surface area (Å²) in [5, 5.41) is 0. The van der Waals surface area contributed by atoms with Crippen molar-refractivity contribution in [2.75, 3.05) is 6.61 Å². The van der Waals surface area contributed by atoms with Gasteiger partial charge in [-0.1, -0.05) is 30.3 Å². The maximum absolute atomic E-state index is 13.8. The van der Waals surface area contributed by atoms with Crippen molar-refractivity contribution in [3.63, 3.8) is 0 Å². The SMILES string of the molecule is CCOc1cc(C=Nc2cc(C)ccc2C)ccc1OCc1ccccc1F. The molecule has 0 atom stereocenters. The van der Waals surface area contributed by atoms with Gasteiger partial charge in [0.15, 0.2) is 11.5 Å². The number of nitrogens with zero attached hydrogens (tertiary/aromatic N) is 1. The third-order valence-electron chi connectivity index (χ3n) is 4.33. The average Bonchev–Trinajstić information content (AvgIpc) is 2.69. The minimum atomic E-state index is -0.280. The van der Waals surface area contributed by atoms with Gasteiger partial charge in [-0.3, -0.25) is 4.99 Å². The fourth-order valence-electron chi connectivity index (χ4n) is 2.77. The fourth-order valence-corrected chi connectivity index (χ4v) is 2.77. The largest absolute Gasteiger partial charge is 0.490 e. The van der Waals surface area contributed by atoms with Gasteiger partial charge in [0, 0.05) is 11.8 Å². The molecule has 0 aliphatic rings. The maximum atomic E-state index is 13.8. The molecule has 144 valence electrons. The highest BCUT2D eigenvalue weighted by Crippen LogP contribution is 2.29. The highest BCUT2D eigenvalue weighted by atomic mass is 19.1. The predicted octanol–water partition coefficient (Wildman–Crippen LogP) is 6.17. The Morgan fingerprint density at radius 1 is 0.929 bits per heavy atom. The number of benzene rings is 3. The molecular formula is C24H24FNO2. The maximum Gasteiger partial charge on any atom is 0.161 e. The monoisotopic (exact) mass is 377 g/mol. The molecule has 0 heterocycles. The molecule has 0 unspecified atom stereocenters. The van der Waals surface area contributed by atoms with Gasteiger partial charge in [-0.2, -0.15) is 0 Å². The Kier molecular flexibility index (Phi) is 6.43. The molecule has 0 radical (unpaired) electrons. The summed E-state index contributed by atoms with van der Waals surface area (Å²) < 4.78 is 25.3. The van der Waals surface area contributed by atoms with E-state index in [1.807, 2.05) is 45.2 Å². The van der Waals surface area contributed by atoms with Gasteiger partial charge in [0.1, 0.15) is 12.4 Å². The van der Waals surface area contributed by atoms with Crippen molar-refractivity contribution in [1.29, 1.82) is 0 Å². The van der Waals surface area contributed by atoms with Crippen molar-refractivity contribution in [3.05, 3.63) is 88.7 Å². The van der Waals surface area contributed by atoms with E-state index in [4.69, 9.17) is 9.47 Å². The molecule has 3 aromatic rings. The summed E-state index contributed by atoms with van der Waals surface area (Å²) in [5.74, 6) is 0.912. The number of rotatable bonds is 7. The summed E-state index contributed by atoms with van der Waals surface area (Å²) >= 11 is 0. The second-order valence-electron chi connectivity index (χ2n) is 6.57. The molecular weight excluding hydrogens is 353 g/mol. The van der Waals surface area contributed by atoms with Crippen molar-refractivity contribution in [2.24, 2.45) is 4.99 Å². The molecule has 0 fully saturated rings. The van der Waals surface area contributed by atoms with Crippen LogP contribution in [0.5, 0.6) is 11.5 Å². The van der Waals surface area contributed by atoms with Crippen LogP contribution in [-0.2, 0) is 6.61 Å². The van der Waals surface area contributed by atoms with E-state index in [2.05, 4.69) is 23.2 Å². The first-order valence-electron chi connectivity index (χ1n) is 9.31. The quantitative estimate of drug-likeness (QED) is 0.461. The van der Waals surface area contributed by atoms with E-state index in [0.717, 1.165) is 16.8 Å². The topological polar surface area (TPSA) is 30.8 Å². The number of hydrogen-bond acceptors (Lipinski definition) is 3. The molecule has 4 heteroatoms. The Hall–Kier alpha value is -3.14. The van der Waals surface area contributed by atoms with Crippen LogP contribution in [0.4, 0.5) is 10.1 Å². The van der Waals surface area contributed by atoms with Crippen LogP contribution < -0.4 is 9.47 Å². The van der Waals surface area contributed by atoms with Crippen LogP contribution in [0.2, 0.25) is 0 Å². The Bertz CT molecular complexity index is 982. The number of halogens is 1. The lowest BCUT2D eigenvalue weighted by molar-refractivity contribution is 0.266. The van der Waals surface area contributed by atoms with E-state index >= 15 is 0 Å². The first-order chi connectivity index (χ1) is 13.6. The fraction of sp³-hybridized carbons (Fsp3) is 0.208. The van der Waals surface area contributed by atoms with Gasteiger partial charge in [-0.15, -0.1) is 0 Å². The Balaban J connectivity index is 1.79. The third kappa shape index (κ3) is 4.97. The molecule has 3 aromatic carbocycles. The van der Waals surface area contributed by atoms with E-state index in [1.54, 1.807) is 18.2 Å². The zero-order valence-corrected chi connectivity index (χ0v) is 16.4. The normalized spacial score (nSPS) is 11.0. The molecule has 0 saturated heterocycles. The van der Waals surface area contributed by atoms with Crippen molar-refractivity contribution in [3.8, 4) is 11.5 Å². The number of aryl methyl sites for hydroxylation is 2. The first kappa shape index (κ1) is 19.6. The van der Waals surface area contributed by atoms with Crippen LogP contribution >= 0.6 is 0 Å². The van der Waals surface area contributed by atoms with Gasteiger partial charge in [-0.25, -0.2) is 4.39 Å². The molecule has 0 bridgehead atoms. The lowest BCUT2D eigenvalue weighted by atomic mass is 10.1. The Morgan fingerprint density at radius 3 is 2.54 bits per heavy atom. The molecule has 0 spiro atoms. The van der Waals surface area contributed by atoms with Crippen molar-refractivity contribution in [1.82, 2.24) is 0 Å². The van der Waals surface area contributed by atoms with E-state index in [0.29, 0.717) is 23.7 Å². The molecule has 0 aliphatic heterocycles. The summed E-state index contributed by atoms with van der Waals surface area (Å²) in [6, 6.07) is 18.4. The van der Waals surface area contributed by atoms with Crippen molar-refractivity contribution in [2.45, 2.75) is 27.4 Å². The lowest BCUT2D eigenvalue weighted by Crippen LogP contribution is -2.01. The number of aliphatic imine (C=N–C) groups is 1. The van der Waals surface area contributed by atoms with E-state index in [1.165, 1.54) is 11.6 Å². The molecule has 3 rings (SSSR count). The summed E-state index contributed by atoms with van der Waals surface area (Å²) in [5.41, 5.74) is 4.65. The summed E-state index contributed by atoms with van der Waals surface area (Å²) in [7, 11) is 0. The summed E-state index contributed by atoms with van der Waals surface area (Å²) in [6.45, 7) is 6.65. The number of ether oxygens (including phenoxy) is 2. The second-order valence-corrected chi connectivity index (χ2v) is 6.57. The third-order valence-corrected chi connectivity index (χ3v) is 4.33. The average molecular weight is 377 g/mol. The van der Waals surface area contributed by atoms with Crippen LogP contribution in [-0.4, -0.2) is 12.8 Å². The predicted molar refractivity (Wildman–Crippen MR) is 112 cm³/mol. The molecule has 0 saturated carbocycles. The Labute approximate surface area is 165 Å². The molecule has 3 nitrogen and oxygen atoms in total. The van der Waals surface area contributed by atoms with Crippen LogP contribution in [0.1, 0.15) is 29.2 Å². The second kappa shape index (κ2) is 9.18.